The zero-order chi connectivity index (χ0) is 15.7. The van der Waals surface area contributed by atoms with Gasteiger partial charge in [-0.2, -0.15) is 0 Å². The number of hydrogen-bond acceptors (Lipinski definition) is 3. The Labute approximate surface area is 136 Å². The lowest BCUT2D eigenvalue weighted by molar-refractivity contribution is -0.0589. The van der Waals surface area contributed by atoms with Crippen LogP contribution in [0.25, 0.3) is 0 Å². The topological polar surface area (TPSA) is 49.8 Å². The first-order valence-corrected chi connectivity index (χ1v) is 8.28. The fraction of sp³-hybridized carbons (Fsp3) is 0.588. The second-order valence-corrected chi connectivity index (χ2v) is 6.70. The van der Waals surface area contributed by atoms with Crippen LogP contribution >= 0.6 is 11.6 Å². The molecule has 22 heavy (non-hydrogen) atoms. The fourth-order valence-electron chi connectivity index (χ4n) is 3.63. The molecule has 2 fully saturated rings. The Morgan fingerprint density at radius 3 is 2.95 bits per heavy atom. The minimum absolute atomic E-state index is 0.0211. The van der Waals surface area contributed by atoms with Crippen molar-refractivity contribution in [3.05, 3.63) is 34.3 Å². The van der Waals surface area contributed by atoms with Gasteiger partial charge in [0.05, 0.1) is 12.7 Å². The molecule has 5 heteroatoms. The molecular weight excluding hydrogens is 302 g/mol. The van der Waals surface area contributed by atoms with Crippen LogP contribution in [0.1, 0.15) is 35.2 Å². The number of amides is 1. The molecule has 0 aliphatic carbocycles. The van der Waals surface area contributed by atoms with E-state index in [1.54, 1.807) is 12.1 Å². The molecule has 1 N–H and O–H groups in total. The van der Waals surface area contributed by atoms with Crippen LogP contribution in [0.2, 0.25) is 5.02 Å². The maximum Gasteiger partial charge on any atom is 0.254 e. The van der Waals surface area contributed by atoms with Gasteiger partial charge in [0.15, 0.2) is 0 Å². The predicted octanol–water partition coefficient (Wildman–Crippen LogP) is 2.65. The number of aliphatic hydroxyl groups is 1. The summed E-state index contributed by atoms with van der Waals surface area (Å²) in [6.07, 6.45) is 2.19. The third kappa shape index (κ3) is 3.00. The van der Waals surface area contributed by atoms with E-state index < -0.39 is 0 Å². The third-order valence-corrected chi connectivity index (χ3v) is 5.07. The molecule has 1 amide bonds. The lowest BCUT2D eigenvalue weighted by atomic mass is 9.89. The highest BCUT2D eigenvalue weighted by Crippen LogP contribution is 2.31. The Morgan fingerprint density at radius 1 is 1.41 bits per heavy atom. The number of ether oxygens (including phenoxy) is 1. The van der Waals surface area contributed by atoms with Crippen molar-refractivity contribution < 1.29 is 14.6 Å². The van der Waals surface area contributed by atoms with Crippen molar-refractivity contribution >= 4 is 17.5 Å². The molecule has 0 unspecified atom stereocenters. The van der Waals surface area contributed by atoms with Crippen LogP contribution < -0.4 is 0 Å². The van der Waals surface area contributed by atoms with Crippen molar-refractivity contribution in [2.24, 2.45) is 5.92 Å². The van der Waals surface area contributed by atoms with E-state index in [1.165, 1.54) is 0 Å². The highest BCUT2D eigenvalue weighted by atomic mass is 35.5. The van der Waals surface area contributed by atoms with Gasteiger partial charge in [0.1, 0.15) is 0 Å². The molecule has 2 aliphatic heterocycles. The predicted molar refractivity (Wildman–Crippen MR) is 85.2 cm³/mol. The number of benzene rings is 1. The van der Waals surface area contributed by atoms with E-state index in [2.05, 4.69) is 0 Å². The van der Waals surface area contributed by atoms with Crippen molar-refractivity contribution in [1.29, 1.82) is 0 Å². The second-order valence-electron chi connectivity index (χ2n) is 6.26. The Bertz CT molecular complexity index is 563. The number of hydrogen-bond donors (Lipinski definition) is 1. The van der Waals surface area contributed by atoms with Crippen LogP contribution in [0.3, 0.4) is 0 Å². The number of aryl methyl sites for hydroxylation is 1. The summed E-state index contributed by atoms with van der Waals surface area (Å²) in [4.78, 5) is 14.8. The molecule has 0 spiro atoms. The van der Waals surface area contributed by atoms with Crippen LogP contribution in [0, 0.1) is 12.8 Å². The lowest BCUT2D eigenvalue weighted by Gasteiger charge is -2.37. The second kappa shape index (κ2) is 6.57. The van der Waals surface area contributed by atoms with E-state index in [0.717, 1.165) is 24.9 Å². The van der Waals surface area contributed by atoms with Crippen molar-refractivity contribution in [3.8, 4) is 0 Å². The smallest absolute Gasteiger partial charge is 0.254 e. The van der Waals surface area contributed by atoms with Crippen molar-refractivity contribution in [2.75, 3.05) is 19.8 Å². The van der Waals surface area contributed by atoms with Crippen molar-refractivity contribution in [1.82, 2.24) is 4.90 Å². The summed E-state index contributed by atoms with van der Waals surface area (Å²) in [6, 6.07) is 5.44. The molecular formula is C17H22ClNO3. The highest BCUT2D eigenvalue weighted by molar-refractivity contribution is 6.30. The summed E-state index contributed by atoms with van der Waals surface area (Å²) in [6.45, 7) is 3.79. The van der Waals surface area contributed by atoms with E-state index in [0.29, 0.717) is 30.2 Å². The van der Waals surface area contributed by atoms with Crippen LogP contribution in [0.15, 0.2) is 18.2 Å². The van der Waals surface area contributed by atoms with E-state index in [-0.39, 0.29) is 24.0 Å². The minimum Gasteiger partial charge on any atom is -0.393 e. The van der Waals surface area contributed by atoms with Gasteiger partial charge in [-0.05, 0) is 49.9 Å². The lowest BCUT2D eigenvalue weighted by Crippen LogP contribution is -2.48. The first-order valence-electron chi connectivity index (χ1n) is 7.91. The molecule has 1 aromatic carbocycles. The van der Waals surface area contributed by atoms with Crippen LogP contribution in [-0.4, -0.2) is 47.8 Å². The number of nitrogens with zero attached hydrogens (tertiary/aromatic N) is 1. The molecule has 2 saturated heterocycles. The molecule has 0 aromatic heterocycles. The van der Waals surface area contributed by atoms with Crippen LogP contribution in [0.5, 0.6) is 0 Å². The SMILES string of the molecule is Cc1cc(Cl)ccc1C(=O)N1CCC[C@@H]1[C@H]1COCC[C@@H]1O. The zero-order valence-corrected chi connectivity index (χ0v) is 13.6. The number of carbonyl (C=O) groups excluding carboxylic acids is 1. The Morgan fingerprint density at radius 2 is 2.23 bits per heavy atom. The first-order chi connectivity index (χ1) is 10.6. The molecule has 2 aliphatic rings. The summed E-state index contributed by atoms with van der Waals surface area (Å²) in [5.41, 5.74) is 1.59. The van der Waals surface area contributed by atoms with Gasteiger partial charge in [0, 0.05) is 35.7 Å². The quantitative estimate of drug-likeness (QED) is 0.910. The largest absolute Gasteiger partial charge is 0.393 e. The summed E-state index contributed by atoms with van der Waals surface area (Å²) >= 11 is 5.98. The standard InChI is InChI=1S/C17H22ClNO3/c1-11-9-12(18)4-5-13(11)17(21)19-7-2-3-15(19)14-10-22-8-6-16(14)20/h4-5,9,14-16,20H,2-3,6-8,10H2,1H3/t14-,15-,16+/m1/s1. The molecule has 0 bridgehead atoms. The van der Waals surface area contributed by atoms with Gasteiger partial charge in [-0.15, -0.1) is 0 Å². The van der Waals surface area contributed by atoms with E-state index in [4.69, 9.17) is 16.3 Å². The monoisotopic (exact) mass is 323 g/mol. The average molecular weight is 324 g/mol. The third-order valence-electron chi connectivity index (χ3n) is 4.84. The van der Waals surface area contributed by atoms with Crippen molar-refractivity contribution in [2.45, 2.75) is 38.3 Å². The van der Waals surface area contributed by atoms with E-state index in [1.807, 2.05) is 17.9 Å². The number of carbonyl (C=O) groups is 1. The van der Waals surface area contributed by atoms with Gasteiger partial charge in [-0.3, -0.25) is 4.79 Å². The molecule has 1 aromatic rings. The maximum absolute atomic E-state index is 12.9. The number of halogens is 1. The summed E-state index contributed by atoms with van der Waals surface area (Å²) in [5, 5.41) is 10.9. The summed E-state index contributed by atoms with van der Waals surface area (Å²) < 4.78 is 5.52. The van der Waals surface area contributed by atoms with E-state index >= 15 is 0 Å². The van der Waals surface area contributed by atoms with Crippen LogP contribution in [0.4, 0.5) is 0 Å². The minimum atomic E-state index is -0.376. The number of likely N-dealkylation sites (tertiary alicyclic amines) is 1. The Balaban J connectivity index is 1.81. The summed E-state index contributed by atoms with van der Waals surface area (Å²) in [7, 11) is 0. The van der Waals surface area contributed by atoms with Gasteiger partial charge in [0.2, 0.25) is 0 Å². The summed E-state index contributed by atoms with van der Waals surface area (Å²) in [5.74, 6) is 0.0576. The maximum atomic E-state index is 12.9. The normalized spacial score (nSPS) is 28.9. The molecule has 2 heterocycles. The Hall–Kier alpha value is -1.10. The fourth-order valence-corrected chi connectivity index (χ4v) is 3.85. The number of rotatable bonds is 2. The van der Waals surface area contributed by atoms with Crippen molar-refractivity contribution in [3.63, 3.8) is 0 Å². The molecule has 3 atom stereocenters. The molecule has 120 valence electrons. The molecule has 0 saturated carbocycles. The molecule has 3 rings (SSSR count). The molecule has 0 radical (unpaired) electrons. The Kier molecular flexibility index (Phi) is 4.71. The number of aliphatic hydroxyl groups excluding tert-OH is 1. The van der Waals surface area contributed by atoms with E-state index in [9.17, 15) is 9.90 Å². The van der Waals surface area contributed by atoms with Gasteiger partial charge in [-0.25, -0.2) is 0 Å². The molecule has 4 nitrogen and oxygen atoms in total. The van der Waals surface area contributed by atoms with Gasteiger partial charge < -0.3 is 14.7 Å². The first kappa shape index (κ1) is 15.8. The van der Waals surface area contributed by atoms with Crippen LogP contribution in [-0.2, 0) is 4.74 Å². The van der Waals surface area contributed by atoms with Gasteiger partial charge in [-0.1, -0.05) is 11.6 Å². The zero-order valence-electron chi connectivity index (χ0n) is 12.8. The van der Waals surface area contributed by atoms with Gasteiger partial charge in [0.25, 0.3) is 5.91 Å². The van der Waals surface area contributed by atoms with Gasteiger partial charge >= 0.3 is 0 Å². The highest BCUT2D eigenvalue weighted by Gasteiger charge is 2.40. The average Bonchev–Trinajstić information content (AvgIpc) is 2.96.